The molecular weight excluding hydrogens is 356 g/mol. The Balaban J connectivity index is 0.000000122. The Morgan fingerprint density at radius 2 is 1.03 bits per heavy atom. The first kappa shape index (κ1) is 21.8. The van der Waals surface area contributed by atoms with E-state index in [1.54, 1.807) is 6.42 Å². The van der Waals surface area contributed by atoms with Crippen LogP contribution in [0.2, 0.25) is 0 Å². The molecule has 8 saturated carbocycles. The number of nitrogens with one attached hydrogen (secondary N) is 1. The van der Waals surface area contributed by atoms with Gasteiger partial charge in [-0.05, 0) is 106 Å². The van der Waals surface area contributed by atoms with Crippen molar-refractivity contribution in [2.24, 2.45) is 53.1 Å². The van der Waals surface area contributed by atoms with E-state index in [-0.39, 0.29) is 0 Å². The smallest absolute Gasteiger partial charge is 0.139 e. The van der Waals surface area contributed by atoms with Gasteiger partial charge in [0.2, 0.25) is 0 Å². The van der Waals surface area contributed by atoms with Gasteiger partial charge in [-0.2, -0.15) is 0 Å². The molecule has 3 nitrogen and oxygen atoms in total. The van der Waals surface area contributed by atoms with Crippen LogP contribution in [-0.2, 0) is 4.79 Å². The normalized spacial score (nSPS) is 45.9. The maximum Gasteiger partial charge on any atom is 0.139 e. The molecule has 0 aromatic carbocycles. The molecule has 3 heteroatoms. The predicted octanol–water partition coefficient (Wildman–Crippen LogP) is 5.17. The minimum absolute atomic E-state index is 0.333. The first-order valence-electron chi connectivity index (χ1n) is 12.8. The van der Waals surface area contributed by atoms with E-state index in [9.17, 15) is 4.79 Å². The van der Waals surface area contributed by atoms with Gasteiger partial charge in [-0.15, -0.1) is 0 Å². The lowest BCUT2D eigenvalue weighted by Crippen LogP contribution is -2.55. The van der Waals surface area contributed by atoms with Crippen LogP contribution in [-0.4, -0.2) is 23.9 Å². The van der Waals surface area contributed by atoms with Crippen molar-refractivity contribution in [3.8, 4) is 0 Å². The van der Waals surface area contributed by atoms with Crippen molar-refractivity contribution in [3.63, 3.8) is 0 Å². The molecule has 0 saturated heterocycles. The Labute approximate surface area is 179 Å². The lowest BCUT2D eigenvalue weighted by molar-refractivity contribution is -0.139. The minimum Gasteiger partial charge on any atom is -0.328 e. The van der Waals surface area contributed by atoms with Gasteiger partial charge in [-0.3, -0.25) is 4.79 Å². The summed E-state index contributed by atoms with van der Waals surface area (Å²) in [5, 5.41) is 3.82. The van der Waals surface area contributed by atoms with Crippen molar-refractivity contribution in [1.82, 2.24) is 5.32 Å². The third kappa shape index (κ3) is 5.09. The maximum atomic E-state index is 11.6. The van der Waals surface area contributed by atoms with Crippen LogP contribution >= 0.6 is 0 Å². The molecule has 8 bridgehead atoms. The third-order valence-corrected chi connectivity index (χ3v) is 8.70. The molecular formula is C26H46N2O. The molecule has 0 aromatic heterocycles. The van der Waals surface area contributed by atoms with E-state index < -0.39 is 0 Å². The number of hydrogen-bond acceptors (Lipinski definition) is 3. The number of ketones is 1. The maximum absolute atomic E-state index is 11.6. The van der Waals surface area contributed by atoms with E-state index in [0.29, 0.717) is 29.7 Å². The molecule has 8 rings (SSSR count). The molecule has 0 atom stereocenters. The van der Waals surface area contributed by atoms with Gasteiger partial charge in [-0.25, -0.2) is 0 Å². The zero-order valence-corrected chi connectivity index (χ0v) is 19.4. The number of hydrogen-bond donors (Lipinski definition) is 2. The van der Waals surface area contributed by atoms with E-state index >= 15 is 0 Å². The number of carbonyl (C=O) groups excluding carboxylic acids is 1. The summed E-state index contributed by atoms with van der Waals surface area (Å²) in [5.41, 5.74) is 5.11. The molecule has 0 heterocycles. The quantitative estimate of drug-likeness (QED) is 0.669. The van der Waals surface area contributed by atoms with E-state index in [1.807, 2.05) is 13.8 Å². The van der Waals surface area contributed by atoms with E-state index in [0.717, 1.165) is 41.5 Å². The highest BCUT2D eigenvalue weighted by Crippen LogP contribution is 2.54. The summed E-state index contributed by atoms with van der Waals surface area (Å²) >= 11 is 0. The SMILES string of the molecule is CC(C)N.CC(C)NC1C2CC3CC(C2)CC1C3.O=C1C2CC3CC(C2)CC1C3. The number of rotatable bonds is 2. The fourth-order valence-corrected chi connectivity index (χ4v) is 8.23. The van der Waals surface area contributed by atoms with Gasteiger partial charge in [0.15, 0.2) is 0 Å². The molecule has 0 amide bonds. The van der Waals surface area contributed by atoms with Gasteiger partial charge in [0, 0.05) is 23.9 Å². The molecule has 8 aliphatic carbocycles. The molecule has 3 N–H and O–H groups in total. The van der Waals surface area contributed by atoms with Gasteiger partial charge in [0.1, 0.15) is 5.78 Å². The highest BCUT2D eigenvalue weighted by Gasteiger charge is 2.48. The summed E-state index contributed by atoms with van der Waals surface area (Å²) in [6, 6.07) is 1.89. The zero-order valence-electron chi connectivity index (χ0n) is 19.4. The van der Waals surface area contributed by atoms with Gasteiger partial charge in [0.25, 0.3) is 0 Å². The molecule has 29 heavy (non-hydrogen) atoms. The van der Waals surface area contributed by atoms with E-state index in [2.05, 4.69) is 19.2 Å². The Morgan fingerprint density at radius 1 is 0.690 bits per heavy atom. The summed E-state index contributed by atoms with van der Waals surface area (Å²) in [6.45, 7) is 8.48. The highest BCUT2D eigenvalue weighted by atomic mass is 16.1. The molecule has 0 aliphatic heterocycles. The second-order valence-electron chi connectivity index (χ2n) is 12.2. The molecule has 0 aromatic rings. The third-order valence-electron chi connectivity index (χ3n) is 8.70. The summed E-state index contributed by atoms with van der Waals surface area (Å²) in [7, 11) is 0. The van der Waals surface area contributed by atoms with Gasteiger partial charge in [-0.1, -0.05) is 27.7 Å². The van der Waals surface area contributed by atoms with Crippen LogP contribution in [0.1, 0.15) is 91.9 Å². The van der Waals surface area contributed by atoms with Crippen molar-refractivity contribution in [2.45, 2.75) is 110 Å². The second kappa shape index (κ2) is 8.99. The Bertz CT molecular complexity index is 508. The van der Waals surface area contributed by atoms with Crippen molar-refractivity contribution in [2.75, 3.05) is 0 Å². The van der Waals surface area contributed by atoms with Gasteiger partial charge >= 0.3 is 0 Å². The van der Waals surface area contributed by atoms with Crippen molar-refractivity contribution in [1.29, 1.82) is 0 Å². The summed E-state index contributed by atoms with van der Waals surface area (Å²) in [5.74, 6) is 7.81. The van der Waals surface area contributed by atoms with Crippen LogP contribution in [0.15, 0.2) is 0 Å². The van der Waals surface area contributed by atoms with Gasteiger partial charge < -0.3 is 11.1 Å². The topological polar surface area (TPSA) is 55.1 Å². The molecule has 8 fully saturated rings. The van der Waals surface area contributed by atoms with Gasteiger partial charge in [0.05, 0.1) is 0 Å². The average molecular weight is 403 g/mol. The van der Waals surface area contributed by atoms with Crippen molar-refractivity contribution in [3.05, 3.63) is 0 Å². The Morgan fingerprint density at radius 3 is 1.38 bits per heavy atom. The first-order valence-corrected chi connectivity index (χ1v) is 12.8. The van der Waals surface area contributed by atoms with E-state index in [4.69, 9.17) is 5.73 Å². The molecule has 0 spiro atoms. The van der Waals surface area contributed by atoms with E-state index in [1.165, 1.54) is 57.8 Å². The minimum atomic E-state index is 0.333. The summed E-state index contributed by atoms with van der Waals surface area (Å²) in [6.07, 6.45) is 14.1. The van der Waals surface area contributed by atoms with Crippen molar-refractivity contribution < 1.29 is 4.79 Å². The summed E-state index contributed by atoms with van der Waals surface area (Å²) in [4.78, 5) is 11.6. The first-order chi connectivity index (χ1) is 13.8. The summed E-state index contributed by atoms with van der Waals surface area (Å²) < 4.78 is 0. The average Bonchev–Trinajstić information content (AvgIpc) is 2.61. The van der Waals surface area contributed by atoms with Crippen LogP contribution in [0.5, 0.6) is 0 Å². The molecule has 8 aliphatic rings. The number of carbonyl (C=O) groups is 1. The molecule has 166 valence electrons. The largest absolute Gasteiger partial charge is 0.328 e. The van der Waals surface area contributed by atoms with Crippen LogP contribution < -0.4 is 11.1 Å². The predicted molar refractivity (Wildman–Crippen MR) is 120 cm³/mol. The Hall–Kier alpha value is -0.410. The van der Waals surface area contributed by atoms with Crippen LogP contribution in [0.3, 0.4) is 0 Å². The highest BCUT2D eigenvalue weighted by molar-refractivity contribution is 5.85. The number of nitrogens with two attached hydrogens (primary N) is 1. The van der Waals surface area contributed by atoms with Crippen LogP contribution in [0.25, 0.3) is 0 Å². The second-order valence-corrected chi connectivity index (χ2v) is 12.2. The van der Waals surface area contributed by atoms with Crippen LogP contribution in [0.4, 0.5) is 0 Å². The lowest BCUT2D eigenvalue weighted by atomic mass is 9.54. The Kier molecular flexibility index (Phi) is 6.76. The fraction of sp³-hybridized carbons (Fsp3) is 0.962. The monoisotopic (exact) mass is 402 g/mol. The lowest BCUT2D eigenvalue weighted by Gasteiger charge is -2.55. The number of Topliss-reactive ketones (excluding diaryl/α,β-unsaturated/α-hetero) is 1. The molecule has 0 radical (unpaired) electrons. The van der Waals surface area contributed by atoms with Crippen molar-refractivity contribution >= 4 is 5.78 Å². The molecule has 0 unspecified atom stereocenters. The zero-order chi connectivity index (χ0) is 20.7. The fourth-order valence-electron chi connectivity index (χ4n) is 8.23. The van der Waals surface area contributed by atoms with Crippen LogP contribution in [0, 0.1) is 47.3 Å². The standard InChI is InChI=1S/C13H23N.C10H14O.C3H9N/c1-8(2)14-13-11-4-9-3-10(6-11)7-12(13)5-9;11-10-8-2-6-1-7(4-8)5-9(10)3-6;1-3(2)4/h8-14H,3-7H2,1-2H3;6-9H,1-5H2;3H,4H2,1-2H3.